The van der Waals surface area contributed by atoms with Gasteiger partial charge in [-0.15, -0.1) is 0 Å². The Morgan fingerprint density at radius 2 is 2.00 bits per heavy atom. The molecular formula is C12H10N2O4S2. The van der Waals surface area contributed by atoms with Crippen LogP contribution in [0.4, 0.5) is 5.69 Å². The van der Waals surface area contributed by atoms with Crippen molar-refractivity contribution in [2.75, 3.05) is 12.4 Å². The molecule has 1 aromatic heterocycles. The zero-order valence-electron chi connectivity index (χ0n) is 10.4. The number of rotatable bonds is 2. The number of carbonyl (C=O) groups excluding carboxylic acids is 1. The number of amides is 1. The van der Waals surface area contributed by atoms with E-state index in [1.807, 2.05) is 0 Å². The number of anilines is 1. The van der Waals surface area contributed by atoms with Gasteiger partial charge in [0.25, 0.3) is 5.88 Å². The van der Waals surface area contributed by atoms with Gasteiger partial charge in [0.1, 0.15) is 5.69 Å². The number of ether oxygens (including phenoxy) is 1. The molecule has 0 bridgehead atoms. The monoisotopic (exact) mass is 310 g/mol. The molecule has 2 aromatic rings. The summed E-state index contributed by atoms with van der Waals surface area (Å²) >= 11 is 0.806. The number of benzene rings is 1. The number of nitrogens with zero attached hydrogens (tertiary/aromatic N) is 1. The Balaban J connectivity index is 2.19. The van der Waals surface area contributed by atoms with Gasteiger partial charge in [0.2, 0.25) is 15.7 Å². The molecule has 20 heavy (non-hydrogen) atoms. The highest BCUT2D eigenvalue weighted by Crippen LogP contribution is 2.44. The Bertz CT molecular complexity index is 768. The molecule has 2 heterocycles. The predicted molar refractivity (Wildman–Crippen MR) is 73.7 cm³/mol. The zero-order chi connectivity index (χ0) is 14.3. The van der Waals surface area contributed by atoms with Crippen LogP contribution in [0.15, 0.2) is 34.5 Å². The van der Waals surface area contributed by atoms with Crippen LogP contribution in [-0.4, -0.2) is 25.8 Å². The summed E-state index contributed by atoms with van der Waals surface area (Å²) in [7, 11) is -2.44. The first-order valence-electron chi connectivity index (χ1n) is 5.69. The third-order valence-electron chi connectivity index (χ3n) is 2.98. The summed E-state index contributed by atoms with van der Waals surface area (Å²) in [5, 5.41) is 1.32. The van der Waals surface area contributed by atoms with Crippen molar-refractivity contribution in [1.29, 1.82) is 0 Å². The average molecular weight is 310 g/mol. The van der Waals surface area contributed by atoms with E-state index in [0.717, 1.165) is 11.5 Å². The van der Waals surface area contributed by atoms with Gasteiger partial charge in [-0.25, -0.2) is 8.42 Å². The Morgan fingerprint density at radius 3 is 2.65 bits per heavy atom. The molecule has 0 fully saturated rings. The fourth-order valence-corrected chi connectivity index (χ4v) is 4.97. The van der Waals surface area contributed by atoms with Gasteiger partial charge in [0.15, 0.2) is 9.46 Å². The molecular weight excluding hydrogens is 300 g/mol. The van der Waals surface area contributed by atoms with Crippen LogP contribution in [0.5, 0.6) is 5.88 Å². The maximum absolute atomic E-state index is 12.6. The Labute approximate surface area is 119 Å². The van der Waals surface area contributed by atoms with Crippen LogP contribution in [0.3, 0.4) is 0 Å². The van der Waals surface area contributed by atoms with Gasteiger partial charge in [0, 0.05) is 0 Å². The summed E-state index contributed by atoms with van der Waals surface area (Å²) in [6.45, 7) is 0. The van der Waals surface area contributed by atoms with E-state index < -0.39 is 21.0 Å². The van der Waals surface area contributed by atoms with Crippen molar-refractivity contribution in [2.45, 2.75) is 9.46 Å². The summed E-state index contributed by atoms with van der Waals surface area (Å²) in [6.07, 6.45) is 0. The first-order chi connectivity index (χ1) is 9.55. The fourth-order valence-electron chi connectivity index (χ4n) is 2.09. The molecule has 8 heteroatoms. The van der Waals surface area contributed by atoms with E-state index in [9.17, 15) is 13.2 Å². The fraction of sp³-hybridized carbons (Fsp3) is 0.167. The number of hydrogen-bond donors (Lipinski definition) is 1. The van der Waals surface area contributed by atoms with Gasteiger partial charge in [-0.3, -0.25) is 4.79 Å². The molecule has 0 radical (unpaired) electrons. The van der Waals surface area contributed by atoms with Crippen molar-refractivity contribution in [2.24, 2.45) is 0 Å². The highest BCUT2D eigenvalue weighted by molar-refractivity contribution is 7.94. The molecule has 1 N–H and O–H groups in total. The van der Waals surface area contributed by atoms with Crippen LogP contribution >= 0.6 is 11.5 Å². The van der Waals surface area contributed by atoms with Gasteiger partial charge >= 0.3 is 0 Å². The van der Waals surface area contributed by atoms with Crippen LogP contribution in [0.25, 0.3) is 0 Å². The number of aromatic nitrogens is 1. The minimum Gasteiger partial charge on any atom is -0.479 e. The molecule has 6 nitrogen and oxygen atoms in total. The van der Waals surface area contributed by atoms with Crippen LogP contribution < -0.4 is 10.1 Å². The second-order valence-electron chi connectivity index (χ2n) is 4.18. The summed E-state index contributed by atoms with van der Waals surface area (Å²) < 4.78 is 34.1. The third kappa shape index (κ3) is 1.80. The topological polar surface area (TPSA) is 85.4 Å². The molecule has 1 amide bonds. The number of sulfone groups is 1. The molecule has 1 aromatic carbocycles. The lowest BCUT2D eigenvalue weighted by molar-refractivity contribution is -0.116. The normalized spacial score (nSPS) is 20.1. The third-order valence-corrected chi connectivity index (χ3v) is 6.36. The molecule has 1 atom stereocenters. The number of methoxy groups -OCH3 is 1. The van der Waals surface area contributed by atoms with E-state index >= 15 is 0 Å². The first kappa shape index (κ1) is 13.1. The highest BCUT2D eigenvalue weighted by atomic mass is 32.2. The van der Waals surface area contributed by atoms with Gasteiger partial charge < -0.3 is 10.1 Å². The van der Waals surface area contributed by atoms with Crippen molar-refractivity contribution >= 4 is 33.0 Å². The number of fused-ring (bicyclic) bond motifs is 1. The van der Waals surface area contributed by atoms with Crippen molar-refractivity contribution in [1.82, 2.24) is 4.37 Å². The Morgan fingerprint density at radius 1 is 1.30 bits per heavy atom. The minimum absolute atomic E-state index is 0.0304. The van der Waals surface area contributed by atoms with Crippen LogP contribution in [0.1, 0.15) is 10.8 Å². The molecule has 104 valence electrons. The molecule has 0 aliphatic carbocycles. The summed E-state index contributed by atoms with van der Waals surface area (Å²) in [6, 6.07) is 8.38. The van der Waals surface area contributed by atoms with Crippen molar-refractivity contribution in [3.05, 3.63) is 35.9 Å². The lowest BCUT2D eigenvalue weighted by Crippen LogP contribution is -2.32. The SMILES string of the molecule is COc1nsc2c1NC(=O)C(c1ccccc1)S2(=O)=O. The molecule has 0 saturated carbocycles. The summed E-state index contributed by atoms with van der Waals surface area (Å²) in [4.78, 5) is 12.2. The van der Waals surface area contributed by atoms with Gasteiger partial charge in [0.05, 0.1) is 7.11 Å². The minimum atomic E-state index is -3.81. The van der Waals surface area contributed by atoms with Crippen molar-refractivity contribution < 1.29 is 17.9 Å². The van der Waals surface area contributed by atoms with Crippen LogP contribution in [0, 0.1) is 0 Å². The first-order valence-corrected chi connectivity index (χ1v) is 8.01. The van der Waals surface area contributed by atoms with E-state index in [1.165, 1.54) is 7.11 Å². The van der Waals surface area contributed by atoms with Crippen molar-refractivity contribution in [3.8, 4) is 5.88 Å². The molecule has 0 saturated heterocycles. The predicted octanol–water partition coefficient (Wildman–Crippen LogP) is 1.62. The number of carbonyl (C=O) groups is 1. The molecule has 0 spiro atoms. The quantitative estimate of drug-likeness (QED) is 0.911. The van der Waals surface area contributed by atoms with E-state index in [1.54, 1.807) is 30.3 Å². The molecule has 1 unspecified atom stereocenters. The molecule has 1 aliphatic heterocycles. The average Bonchev–Trinajstić information content (AvgIpc) is 2.83. The van der Waals surface area contributed by atoms with Gasteiger partial charge in [-0.2, -0.15) is 4.37 Å². The molecule has 1 aliphatic rings. The second kappa shape index (κ2) is 4.57. The second-order valence-corrected chi connectivity index (χ2v) is 7.18. The van der Waals surface area contributed by atoms with E-state index in [2.05, 4.69) is 9.69 Å². The Hall–Kier alpha value is -1.93. The highest BCUT2D eigenvalue weighted by Gasteiger charge is 2.44. The lowest BCUT2D eigenvalue weighted by atomic mass is 10.1. The van der Waals surface area contributed by atoms with Crippen LogP contribution in [-0.2, 0) is 14.6 Å². The lowest BCUT2D eigenvalue weighted by Gasteiger charge is -2.22. The van der Waals surface area contributed by atoms with Crippen LogP contribution in [0.2, 0.25) is 0 Å². The summed E-state index contributed by atoms with van der Waals surface area (Å²) in [5.41, 5.74) is 0.567. The number of hydrogen-bond acceptors (Lipinski definition) is 6. The largest absolute Gasteiger partial charge is 0.479 e. The van der Waals surface area contributed by atoms with Crippen molar-refractivity contribution in [3.63, 3.8) is 0 Å². The Kier molecular flexibility index (Phi) is 2.98. The smallest absolute Gasteiger partial charge is 0.250 e. The van der Waals surface area contributed by atoms with Gasteiger partial charge in [-0.1, -0.05) is 30.3 Å². The maximum Gasteiger partial charge on any atom is 0.250 e. The van der Waals surface area contributed by atoms with E-state index in [0.29, 0.717) is 5.56 Å². The van der Waals surface area contributed by atoms with E-state index in [4.69, 9.17) is 4.74 Å². The zero-order valence-corrected chi connectivity index (χ0v) is 12.0. The number of nitrogens with one attached hydrogen (secondary N) is 1. The van der Waals surface area contributed by atoms with E-state index in [-0.39, 0.29) is 15.8 Å². The maximum atomic E-state index is 12.6. The van der Waals surface area contributed by atoms with Gasteiger partial charge in [-0.05, 0) is 17.1 Å². The molecule has 3 rings (SSSR count). The standard InChI is InChI=1S/C12H10N2O4S2/c1-18-11-8-12(19-14-11)20(16,17)9(10(15)13-8)7-5-3-2-4-6-7/h2-6,9H,1H3,(H,13,15). The summed E-state index contributed by atoms with van der Waals surface area (Å²) in [5.74, 6) is -0.476.